The van der Waals surface area contributed by atoms with Gasteiger partial charge in [0.1, 0.15) is 11.8 Å². The molecule has 6 heteroatoms. The number of hydrogen-bond donors (Lipinski definition) is 2. The Morgan fingerprint density at radius 1 is 1.43 bits per heavy atom. The maximum Gasteiger partial charge on any atom is 0.269 e. The number of aliphatic hydroxyl groups excluding tert-OH is 1. The van der Waals surface area contributed by atoms with Gasteiger partial charge < -0.3 is 10.4 Å². The van der Waals surface area contributed by atoms with Crippen LogP contribution >= 0.6 is 11.3 Å². The van der Waals surface area contributed by atoms with Crippen molar-refractivity contribution in [1.82, 2.24) is 15.1 Å². The highest BCUT2D eigenvalue weighted by Gasteiger charge is 2.15. The Hall–Kier alpha value is -2.18. The summed E-state index contributed by atoms with van der Waals surface area (Å²) in [5.74, 6) is -0.241. The first-order valence-electron chi connectivity index (χ1n) is 6.58. The van der Waals surface area contributed by atoms with Crippen molar-refractivity contribution in [2.24, 2.45) is 7.05 Å². The zero-order valence-corrected chi connectivity index (χ0v) is 12.3. The van der Waals surface area contributed by atoms with Gasteiger partial charge in [-0.2, -0.15) is 5.10 Å². The van der Waals surface area contributed by atoms with Crippen LogP contribution in [0.1, 0.15) is 21.5 Å². The van der Waals surface area contributed by atoms with Crippen LogP contribution in [0.25, 0.3) is 10.1 Å². The molecule has 0 aliphatic carbocycles. The van der Waals surface area contributed by atoms with Crippen LogP contribution in [0, 0.1) is 0 Å². The monoisotopic (exact) mass is 301 g/mol. The number of aromatic nitrogens is 2. The van der Waals surface area contributed by atoms with E-state index in [-0.39, 0.29) is 12.5 Å². The molecule has 0 aliphatic heterocycles. The molecule has 5 nitrogen and oxygen atoms in total. The summed E-state index contributed by atoms with van der Waals surface area (Å²) in [5.41, 5.74) is 0.471. The molecule has 0 fully saturated rings. The molecule has 2 heterocycles. The Bertz CT molecular complexity index is 745. The molecule has 1 unspecified atom stereocenters. The van der Waals surface area contributed by atoms with Crippen LogP contribution < -0.4 is 5.32 Å². The Morgan fingerprint density at radius 3 is 2.95 bits per heavy atom. The minimum Gasteiger partial charge on any atom is -0.386 e. The summed E-state index contributed by atoms with van der Waals surface area (Å²) in [5, 5.41) is 18.0. The lowest BCUT2D eigenvalue weighted by Crippen LogP contribution is -2.29. The van der Waals surface area contributed by atoms with Crippen LogP contribution in [0.3, 0.4) is 0 Å². The van der Waals surface area contributed by atoms with E-state index in [0.29, 0.717) is 5.69 Å². The second-order valence-corrected chi connectivity index (χ2v) is 5.87. The highest BCUT2D eigenvalue weighted by molar-refractivity contribution is 7.19. The molecule has 21 heavy (non-hydrogen) atoms. The van der Waals surface area contributed by atoms with Crippen molar-refractivity contribution in [3.05, 3.63) is 53.2 Å². The van der Waals surface area contributed by atoms with Crippen molar-refractivity contribution >= 4 is 27.3 Å². The van der Waals surface area contributed by atoms with Crippen molar-refractivity contribution in [2.45, 2.75) is 6.10 Å². The number of hydrogen-bond acceptors (Lipinski definition) is 4. The number of rotatable bonds is 4. The fourth-order valence-electron chi connectivity index (χ4n) is 2.14. The van der Waals surface area contributed by atoms with Crippen LogP contribution in [0.5, 0.6) is 0 Å². The molecule has 0 spiro atoms. The van der Waals surface area contributed by atoms with Crippen LogP contribution in [-0.4, -0.2) is 27.3 Å². The van der Waals surface area contributed by atoms with Gasteiger partial charge in [0.05, 0.1) is 0 Å². The van der Waals surface area contributed by atoms with E-state index in [1.165, 1.54) is 16.0 Å². The van der Waals surface area contributed by atoms with E-state index in [1.54, 1.807) is 19.3 Å². The molecule has 1 atom stereocenters. The largest absolute Gasteiger partial charge is 0.386 e. The number of fused-ring (bicyclic) bond motifs is 1. The van der Waals surface area contributed by atoms with Crippen molar-refractivity contribution < 1.29 is 9.90 Å². The van der Waals surface area contributed by atoms with Gasteiger partial charge in [-0.1, -0.05) is 18.2 Å². The molecule has 0 radical (unpaired) electrons. The summed E-state index contributed by atoms with van der Waals surface area (Å²) in [7, 11) is 1.71. The lowest BCUT2D eigenvalue weighted by Gasteiger charge is -2.10. The van der Waals surface area contributed by atoms with E-state index in [9.17, 15) is 9.90 Å². The van der Waals surface area contributed by atoms with Crippen molar-refractivity contribution in [2.75, 3.05) is 6.54 Å². The van der Waals surface area contributed by atoms with Crippen molar-refractivity contribution in [3.8, 4) is 0 Å². The average molecular weight is 301 g/mol. The Labute approximate surface area is 125 Å². The summed E-state index contributed by atoms with van der Waals surface area (Å²) in [6, 6.07) is 11.6. The van der Waals surface area contributed by atoms with Crippen molar-refractivity contribution in [1.29, 1.82) is 0 Å². The zero-order valence-electron chi connectivity index (χ0n) is 11.5. The van der Waals surface area contributed by atoms with Gasteiger partial charge in [-0.05, 0) is 23.6 Å². The Kier molecular flexibility index (Phi) is 3.72. The quantitative estimate of drug-likeness (QED) is 0.775. The van der Waals surface area contributed by atoms with Gasteiger partial charge in [0.15, 0.2) is 0 Å². The molecule has 1 amide bonds. The van der Waals surface area contributed by atoms with E-state index in [1.807, 2.05) is 30.3 Å². The highest BCUT2D eigenvalue weighted by atomic mass is 32.1. The second kappa shape index (κ2) is 5.67. The number of nitrogens with zero attached hydrogens (tertiary/aromatic N) is 2. The topological polar surface area (TPSA) is 67.2 Å². The maximum atomic E-state index is 12.0. The predicted molar refractivity (Wildman–Crippen MR) is 82.3 cm³/mol. The van der Waals surface area contributed by atoms with Gasteiger partial charge in [0, 0.05) is 29.4 Å². The summed E-state index contributed by atoms with van der Waals surface area (Å²) in [4.78, 5) is 12.8. The van der Waals surface area contributed by atoms with Gasteiger partial charge in [-0.15, -0.1) is 11.3 Å². The van der Waals surface area contributed by atoms with Crippen molar-refractivity contribution in [3.63, 3.8) is 0 Å². The van der Waals surface area contributed by atoms with Crippen LogP contribution in [0.15, 0.2) is 42.6 Å². The molecule has 0 aliphatic rings. The molecule has 1 aromatic carbocycles. The zero-order chi connectivity index (χ0) is 14.8. The normalized spacial score (nSPS) is 12.5. The summed E-state index contributed by atoms with van der Waals surface area (Å²) in [6.45, 7) is 0.177. The molecule has 3 rings (SSSR count). The molecule has 0 saturated carbocycles. The SMILES string of the molecule is Cn1nccc1C(=O)NCC(O)c1cc2ccccc2s1. The first-order valence-corrected chi connectivity index (χ1v) is 7.39. The van der Waals surface area contributed by atoms with E-state index in [0.717, 1.165) is 15.0 Å². The Balaban J connectivity index is 1.67. The third kappa shape index (κ3) is 2.81. The highest BCUT2D eigenvalue weighted by Crippen LogP contribution is 2.29. The first kappa shape index (κ1) is 13.8. The molecular formula is C15H15N3O2S. The third-order valence-corrected chi connectivity index (χ3v) is 4.50. The predicted octanol–water partition coefficient (Wildman–Crippen LogP) is 2.10. The van der Waals surface area contributed by atoms with Crippen LogP contribution in [0.4, 0.5) is 0 Å². The second-order valence-electron chi connectivity index (χ2n) is 4.75. The standard InChI is InChI=1S/C15H15N3O2S/c1-18-11(6-7-17-18)15(20)16-9-12(19)14-8-10-4-2-3-5-13(10)21-14/h2-8,12,19H,9H2,1H3,(H,16,20). The number of amides is 1. The van der Waals surface area contributed by atoms with Gasteiger partial charge in [-0.3, -0.25) is 9.48 Å². The first-order chi connectivity index (χ1) is 10.1. The molecule has 108 valence electrons. The van der Waals surface area contributed by atoms with E-state index in [4.69, 9.17) is 0 Å². The molecule has 0 saturated heterocycles. The van der Waals surface area contributed by atoms with Gasteiger partial charge in [0.25, 0.3) is 5.91 Å². The lowest BCUT2D eigenvalue weighted by atomic mass is 10.2. The number of aryl methyl sites for hydroxylation is 1. The summed E-state index contributed by atoms with van der Waals surface area (Å²) < 4.78 is 2.63. The lowest BCUT2D eigenvalue weighted by molar-refractivity contribution is 0.0908. The van der Waals surface area contributed by atoms with Gasteiger partial charge in [-0.25, -0.2) is 0 Å². The number of carbonyl (C=O) groups excluding carboxylic acids is 1. The number of benzene rings is 1. The van der Waals surface area contributed by atoms with E-state index >= 15 is 0 Å². The summed E-state index contributed by atoms with van der Waals surface area (Å²) in [6.07, 6.45) is 0.858. The minimum absolute atomic E-state index is 0.177. The van der Waals surface area contributed by atoms with Crippen LogP contribution in [-0.2, 0) is 7.05 Å². The van der Waals surface area contributed by atoms with E-state index < -0.39 is 6.10 Å². The smallest absolute Gasteiger partial charge is 0.269 e. The minimum atomic E-state index is -0.709. The fourth-order valence-corrected chi connectivity index (χ4v) is 3.19. The number of carbonyl (C=O) groups is 1. The molecular weight excluding hydrogens is 286 g/mol. The maximum absolute atomic E-state index is 12.0. The molecule has 3 aromatic rings. The molecule has 2 aromatic heterocycles. The van der Waals surface area contributed by atoms with Gasteiger partial charge >= 0.3 is 0 Å². The fraction of sp³-hybridized carbons (Fsp3) is 0.200. The number of nitrogens with one attached hydrogen (secondary N) is 1. The number of thiophene rings is 1. The average Bonchev–Trinajstić information content (AvgIpc) is 3.10. The van der Waals surface area contributed by atoms with E-state index in [2.05, 4.69) is 10.4 Å². The number of aliphatic hydroxyl groups is 1. The van der Waals surface area contributed by atoms with Crippen LogP contribution in [0.2, 0.25) is 0 Å². The molecule has 2 N–H and O–H groups in total. The van der Waals surface area contributed by atoms with Gasteiger partial charge in [0.2, 0.25) is 0 Å². The molecule has 0 bridgehead atoms. The third-order valence-electron chi connectivity index (χ3n) is 3.28. The summed E-state index contributed by atoms with van der Waals surface area (Å²) >= 11 is 1.54. The Morgan fingerprint density at radius 2 is 2.24 bits per heavy atom.